The molecular formula is C15H19FN2O3. The molecule has 1 heterocycles. The van der Waals surface area contributed by atoms with Crippen LogP contribution in [0.2, 0.25) is 0 Å². The number of carbonyl (C=O) groups excluding carboxylic acids is 2. The highest BCUT2D eigenvalue weighted by molar-refractivity contribution is 5.79. The highest BCUT2D eigenvalue weighted by Gasteiger charge is 2.24. The molecule has 1 saturated heterocycles. The maximum Gasteiger partial charge on any atom is 0.409 e. The van der Waals surface area contributed by atoms with Gasteiger partial charge in [-0.15, -0.1) is 0 Å². The second-order valence-corrected chi connectivity index (χ2v) is 4.87. The molecule has 0 N–H and O–H groups in total. The van der Waals surface area contributed by atoms with Gasteiger partial charge in [0, 0.05) is 26.2 Å². The van der Waals surface area contributed by atoms with Gasteiger partial charge in [-0.05, 0) is 24.6 Å². The van der Waals surface area contributed by atoms with Crippen LogP contribution in [0.3, 0.4) is 0 Å². The van der Waals surface area contributed by atoms with E-state index in [1.807, 2.05) is 0 Å². The Balaban J connectivity index is 1.84. The van der Waals surface area contributed by atoms with Gasteiger partial charge in [0.25, 0.3) is 0 Å². The minimum atomic E-state index is -0.340. The van der Waals surface area contributed by atoms with Crippen molar-refractivity contribution in [2.45, 2.75) is 13.3 Å². The number of carbonyl (C=O) groups is 2. The van der Waals surface area contributed by atoms with Gasteiger partial charge in [-0.1, -0.05) is 12.1 Å². The third kappa shape index (κ3) is 4.18. The van der Waals surface area contributed by atoms with E-state index in [4.69, 9.17) is 4.74 Å². The summed E-state index contributed by atoms with van der Waals surface area (Å²) in [6, 6.07) is 6.05. The van der Waals surface area contributed by atoms with E-state index in [0.717, 1.165) is 0 Å². The lowest BCUT2D eigenvalue weighted by molar-refractivity contribution is -0.132. The number of ether oxygens (including phenoxy) is 1. The number of piperazine rings is 1. The van der Waals surface area contributed by atoms with Crippen LogP contribution in [0.15, 0.2) is 24.3 Å². The summed E-state index contributed by atoms with van der Waals surface area (Å²) in [7, 11) is 0. The molecule has 1 aliphatic rings. The van der Waals surface area contributed by atoms with Gasteiger partial charge in [0.2, 0.25) is 5.91 Å². The molecule has 0 unspecified atom stereocenters. The lowest BCUT2D eigenvalue weighted by Crippen LogP contribution is -2.51. The zero-order chi connectivity index (χ0) is 15.2. The molecule has 0 saturated carbocycles. The Kier molecular flexibility index (Phi) is 5.14. The van der Waals surface area contributed by atoms with E-state index in [2.05, 4.69) is 0 Å². The Morgan fingerprint density at radius 1 is 1.19 bits per heavy atom. The van der Waals surface area contributed by atoms with E-state index in [0.29, 0.717) is 38.3 Å². The Bertz CT molecular complexity index is 513. The van der Waals surface area contributed by atoms with Crippen molar-refractivity contribution in [3.05, 3.63) is 35.6 Å². The van der Waals surface area contributed by atoms with Crippen LogP contribution < -0.4 is 0 Å². The Labute approximate surface area is 123 Å². The molecule has 1 aromatic rings. The van der Waals surface area contributed by atoms with Crippen molar-refractivity contribution in [3.63, 3.8) is 0 Å². The van der Waals surface area contributed by atoms with Gasteiger partial charge < -0.3 is 14.5 Å². The lowest BCUT2D eigenvalue weighted by Gasteiger charge is -2.34. The largest absolute Gasteiger partial charge is 0.450 e. The van der Waals surface area contributed by atoms with E-state index in [1.165, 1.54) is 12.1 Å². The SMILES string of the molecule is CCOC(=O)N1CCN(C(=O)Cc2cccc(F)c2)CC1. The number of rotatable bonds is 3. The van der Waals surface area contributed by atoms with Gasteiger partial charge >= 0.3 is 6.09 Å². The molecule has 5 nitrogen and oxygen atoms in total. The van der Waals surface area contributed by atoms with Crippen LogP contribution in [0, 0.1) is 5.82 Å². The zero-order valence-electron chi connectivity index (χ0n) is 12.0. The summed E-state index contributed by atoms with van der Waals surface area (Å²) in [6.45, 7) is 4.00. The fraction of sp³-hybridized carbons (Fsp3) is 0.467. The maximum atomic E-state index is 13.1. The first-order valence-electron chi connectivity index (χ1n) is 7.04. The van der Waals surface area contributed by atoms with Gasteiger partial charge in [0.1, 0.15) is 5.82 Å². The Morgan fingerprint density at radius 3 is 2.48 bits per heavy atom. The first-order chi connectivity index (χ1) is 10.1. The molecule has 6 heteroatoms. The normalized spacial score (nSPS) is 15.0. The van der Waals surface area contributed by atoms with Crippen molar-refractivity contribution in [2.75, 3.05) is 32.8 Å². The van der Waals surface area contributed by atoms with Crippen molar-refractivity contribution in [3.8, 4) is 0 Å². The van der Waals surface area contributed by atoms with Gasteiger partial charge in [-0.25, -0.2) is 9.18 Å². The first kappa shape index (κ1) is 15.3. The number of hydrogen-bond acceptors (Lipinski definition) is 3. The predicted molar refractivity (Wildman–Crippen MR) is 75.3 cm³/mol. The smallest absolute Gasteiger partial charge is 0.409 e. The zero-order valence-corrected chi connectivity index (χ0v) is 12.0. The third-order valence-corrected chi connectivity index (χ3v) is 3.40. The summed E-state index contributed by atoms with van der Waals surface area (Å²) in [6.07, 6.45) is -0.160. The molecule has 0 atom stereocenters. The minimum absolute atomic E-state index is 0.0518. The van der Waals surface area contributed by atoms with E-state index < -0.39 is 0 Å². The molecule has 1 aromatic carbocycles. The van der Waals surface area contributed by atoms with Crippen LogP contribution in [0.4, 0.5) is 9.18 Å². The number of benzene rings is 1. The maximum absolute atomic E-state index is 13.1. The number of hydrogen-bond donors (Lipinski definition) is 0. The standard InChI is InChI=1S/C15H19FN2O3/c1-2-21-15(20)18-8-6-17(7-9-18)14(19)11-12-4-3-5-13(16)10-12/h3-5,10H,2,6-9,11H2,1H3. The second-order valence-electron chi connectivity index (χ2n) is 4.87. The molecule has 0 radical (unpaired) electrons. The summed E-state index contributed by atoms with van der Waals surface area (Å²) < 4.78 is 18.0. The molecule has 1 fully saturated rings. The van der Waals surface area contributed by atoms with E-state index in [1.54, 1.807) is 28.9 Å². The highest BCUT2D eigenvalue weighted by atomic mass is 19.1. The van der Waals surface area contributed by atoms with Crippen LogP contribution in [0.1, 0.15) is 12.5 Å². The van der Waals surface area contributed by atoms with Crippen LogP contribution in [-0.2, 0) is 16.0 Å². The topological polar surface area (TPSA) is 49.9 Å². The number of nitrogens with zero attached hydrogens (tertiary/aromatic N) is 2. The quantitative estimate of drug-likeness (QED) is 0.852. The first-order valence-corrected chi connectivity index (χ1v) is 7.04. The highest BCUT2D eigenvalue weighted by Crippen LogP contribution is 2.09. The van der Waals surface area contributed by atoms with Crippen LogP contribution in [0.25, 0.3) is 0 Å². The minimum Gasteiger partial charge on any atom is -0.450 e. The molecule has 0 bridgehead atoms. The second kappa shape index (κ2) is 7.06. The van der Waals surface area contributed by atoms with Crippen molar-refractivity contribution in [1.29, 1.82) is 0 Å². The van der Waals surface area contributed by atoms with Crippen molar-refractivity contribution in [1.82, 2.24) is 9.80 Å². The average Bonchev–Trinajstić information content (AvgIpc) is 2.47. The van der Waals surface area contributed by atoms with Crippen molar-refractivity contribution in [2.24, 2.45) is 0 Å². The summed E-state index contributed by atoms with van der Waals surface area (Å²) in [5.41, 5.74) is 0.660. The van der Waals surface area contributed by atoms with Crippen LogP contribution >= 0.6 is 0 Å². The monoisotopic (exact) mass is 294 g/mol. The molecule has 0 aromatic heterocycles. The van der Waals surface area contributed by atoms with Crippen molar-refractivity contribution < 1.29 is 18.7 Å². The summed E-state index contributed by atoms with van der Waals surface area (Å²) in [5, 5.41) is 0. The van der Waals surface area contributed by atoms with Gasteiger partial charge in [-0.3, -0.25) is 4.79 Å². The molecule has 2 rings (SSSR count). The van der Waals surface area contributed by atoms with Gasteiger partial charge in [-0.2, -0.15) is 0 Å². The fourth-order valence-electron chi connectivity index (χ4n) is 2.29. The predicted octanol–water partition coefficient (Wildman–Crippen LogP) is 1.67. The molecule has 1 aliphatic heterocycles. The van der Waals surface area contributed by atoms with E-state index in [9.17, 15) is 14.0 Å². The molecule has 21 heavy (non-hydrogen) atoms. The summed E-state index contributed by atoms with van der Waals surface area (Å²) >= 11 is 0. The Morgan fingerprint density at radius 2 is 1.86 bits per heavy atom. The summed E-state index contributed by atoms with van der Waals surface area (Å²) in [5.74, 6) is -0.392. The molecule has 0 aliphatic carbocycles. The van der Waals surface area contributed by atoms with Crippen LogP contribution in [0.5, 0.6) is 0 Å². The number of halogens is 1. The lowest BCUT2D eigenvalue weighted by atomic mass is 10.1. The molecular weight excluding hydrogens is 275 g/mol. The average molecular weight is 294 g/mol. The number of amides is 2. The van der Waals surface area contributed by atoms with E-state index in [-0.39, 0.29) is 24.2 Å². The van der Waals surface area contributed by atoms with E-state index >= 15 is 0 Å². The fourth-order valence-corrected chi connectivity index (χ4v) is 2.29. The van der Waals surface area contributed by atoms with Crippen molar-refractivity contribution >= 4 is 12.0 Å². The Hall–Kier alpha value is -2.11. The molecule has 0 spiro atoms. The molecule has 2 amide bonds. The molecule has 114 valence electrons. The van der Waals surface area contributed by atoms with Gasteiger partial charge in [0.05, 0.1) is 13.0 Å². The van der Waals surface area contributed by atoms with Gasteiger partial charge in [0.15, 0.2) is 0 Å². The van der Waals surface area contributed by atoms with Crippen LogP contribution in [-0.4, -0.2) is 54.6 Å². The third-order valence-electron chi connectivity index (χ3n) is 3.40. The summed E-state index contributed by atoms with van der Waals surface area (Å²) in [4.78, 5) is 27.0.